The van der Waals surface area contributed by atoms with E-state index in [1.165, 1.54) is 12.1 Å². The monoisotopic (exact) mass is 342 g/mol. The maximum atomic E-state index is 13.5. The number of carboxylic acids is 1. The Hall–Kier alpha value is -2.40. The molecule has 0 fully saturated rings. The molecule has 1 aliphatic heterocycles. The SMILES string of the molecule is C[C@@H]1CCOc2ccc(-c3c(C(=O)O)sc4cc(F)ccc34)cc21. The number of halogens is 1. The predicted molar refractivity (Wildman–Crippen MR) is 92.7 cm³/mol. The maximum absolute atomic E-state index is 13.5. The molecule has 4 rings (SSSR count). The summed E-state index contributed by atoms with van der Waals surface area (Å²) in [5.41, 5.74) is 2.58. The van der Waals surface area contributed by atoms with E-state index in [9.17, 15) is 14.3 Å². The van der Waals surface area contributed by atoms with Crippen LogP contribution < -0.4 is 4.74 Å². The van der Waals surface area contributed by atoms with Crippen LogP contribution in [0, 0.1) is 5.82 Å². The van der Waals surface area contributed by atoms with E-state index >= 15 is 0 Å². The molecule has 5 heteroatoms. The second-order valence-corrected chi connectivity index (χ2v) is 7.09. The lowest BCUT2D eigenvalue weighted by Crippen LogP contribution is -2.11. The highest BCUT2D eigenvalue weighted by Gasteiger charge is 2.23. The first-order valence-corrected chi connectivity index (χ1v) is 8.58. The first kappa shape index (κ1) is 15.1. The second-order valence-electron chi connectivity index (χ2n) is 6.04. The van der Waals surface area contributed by atoms with Crippen molar-refractivity contribution in [3.8, 4) is 16.9 Å². The standard InChI is InChI=1S/C19H15FO3S/c1-10-6-7-23-15-5-2-11(8-14(10)15)17-13-4-3-12(20)9-16(13)24-18(17)19(21)22/h2-5,8-10H,6-7H2,1H3,(H,21,22)/t10-/m1/s1. The van der Waals surface area contributed by atoms with Gasteiger partial charge in [0.1, 0.15) is 16.4 Å². The van der Waals surface area contributed by atoms with E-state index < -0.39 is 5.97 Å². The first-order valence-electron chi connectivity index (χ1n) is 7.77. The molecule has 24 heavy (non-hydrogen) atoms. The van der Waals surface area contributed by atoms with Gasteiger partial charge in [0, 0.05) is 15.6 Å². The van der Waals surface area contributed by atoms with Crippen molar-refractivity contribution in [1.82, 2.24) is 0 Å². The average molecular weight is 342 g/mol. The van der Waals surface area contributed by atoms with Gasteiger partial charge in [-0.3, -0.25) is 0 Å². The van der Waals surface area contributed by atoms with Crippen LogP contribution in [0.15, 0.2) is 36.4 Å². The van der Waals surface area contributed by atoms with Crippen LogP contribution in [0.2, 0.25) is 0 Å². The molecule has 2 aromatic carbocycles. The molecule has 1 aliphatic rings. The van der Waals surface area contributed by atoms with E-state index in [1.54, 1.807) is 6.07 Å². The van der Waals surface area contributed by atoms with Crippen molar-refractivity contribution in [2.24, 2.45) is 0 Å². The maximum Gasteiger partial charge on any atom is 0.346 e. The van der Waals surface area contributed by atoms with Crippen LogP contribution in [0.3, 0.4) is 0 Å². The Morgan fingerprint density at radius 1 is 1.29 bits per heavy atom. The molecule has 1 N–H and O–H groups in total. The molecule has 122 valence electrons. The van der Waals surface area contributed by atoms with Gasteiger partial charge in [-0.2, -0.15) is 0 Å². The quantitative estimate of drug-likeness (QED) is 0.688. The van der Waals surface area contributed by atoms with E-state index in [0.29, 0.717) is 22.8 Å². The summed E-state index contributed by atoms with van der Waals surface area (Å²) in [4.78, 5) is 11.9. The number of hydrogen-bond acceptors (Lipinski definition) is 3. The van der Waals surface area contributed by atoms with E-state index in [1.807, 2.05) is 18.2 Å². The van der Waals surface area contributed by atoms with E-state index in [-0.39, 0.29) is 10.7 Å². The third kappa shape index (κ3) is 2.36. The van der Waals surface area contributed by atoms with Gasteiger partial charge in [-0.1, -0.05) is 13.0 Å². The Bertz CT molecular complexity index is 961. The number of thiophene rings is 1. The summed E-state index contributed by atoms with van der Waals surface area (Å²) in [7, 11) is 0. The normalized spacial score (nSPS) is 16.7. The largest absolute Gasteiger partial charge is 0.493 e. The molecule has 0 aliphatic carbocycles. The number of hydrogen-bond donors (Lipinski definition) is 1. The van der Waals surface area contributed by atoms with Crippen LogP contribution in [0.5, 0.6) is 5.75 Å². The van der Waals surface area contributed by atoms with Crippen LogP contribution >= 0.6 is 11.3 Å². The lowest BCUT2D eigenvalue weighted by Gasteiger charge is -2.23. The first-order chi connectivity index (χ1) is 11.5. The van der Waals surface area contributed by atoms with Gasteiger partial charge in [0.05, 0.1) is 6.61 Å². The molecule has 0 amide bonds. The van der Waals surface area contributed by atoms with Crippen LogP contribution in [0.25, 0.3) is 21.2 Å². The van der Waals surface area contributed by atoms with Gasteiger partial charge in [0.2, 0.25) is 0 Å². The number of aromatic carboxylic acids is 1. The second kappa shape index (κ2) is 5.60. The molecule has 0 unspecified atom stereocenters. The minimum atomic E-state index is -0.992. The lowest BCUT2D eigenvalue weighted by molar-refractivity contribution is 0.0703. The zero-order chi connectivity index (χ0) is 16.8. The van der Waals surface area contributed by atoms with Crippen molar-refractivity contribution in [3.63, 3.8) is 0 Å². The van der Waals surface area contributed by atoms with Crippen LogP contribution in [0.4, 0.5) is 4.39 Å². The Morgan fingerprint density at radius 2 is 2.12 bits per heavy atom. The Morgan fingerprint density at radius 3 is 2.92 bits per heavy atom. The van der Waals surface area contributed by atoms with E-state index in [4.69, 9.17) is 4.74 Å². The summed E-state index contributed by atoms with van der Waals surface area (Å²) in [6.07, 6.45) is 0.942. The Balaban J connectivity index is 1.97. The fraction of sp³-hybridized carbons (Fsp3) is 0.211. The van der Waals surface area contributed by atoms with Gasteiger partial charge >= 0.3 is 5.97 Å². The lowest BCUT2D eigenvalue weighted by atomic mass is 9.91. The van der Waals surface area contributed by atoms with Crippen molar-refractivity contribution in [2.75, 3.05) is 6.61 Å². The molecular formula is C19H15FO3S. The van der Waals surface area contributed by atoms with Gasteiger partial charge in [-0.05, 0) is 53.8 Å². The number of ether oxygens (including phenoxy) is 1. The van der Waals surface area contributed by atoms with Crippen molar-refractivity contribution in [1.29, 1.82) is 0 Å². The molecular weight excluding hydrogens is 327 g/mol. The summed E-state index contributed by atoms with van der Waals surface area (Å²) in [6.45, 7) is 2.85. The molecule has 3 aromatic rings. The highest BCUT2D eigenvalue weighted by Crippen LogP contribution is 2.42. The molecule has 1 aromatic heterocycles. The van der Waals surface area contributed by atoms with Gasteiger partial charge in [-0.25, -0.2) is 9.18 Å². The molecule has 2 heterocycles. The summed E-state index contributed by atoms with van der Waals surface area (Å²) < 4.78 is 19.8. The van der Waals surface area contributed by atoms with Crippen LogP contribution in [-0.4, -0.2) is 17.7 Å². The van der Waals surface area contributed by atoms with Gasteiger partial charge in [-0.15, -0.1) is 11.3 Å². The summed E-state index contributed by atoms with van der Waals surface area (Å²) >= 11 is 1.11. The van der Waals surface area contributed by atoms with Crippen LogP contribution in [-0.2, 0) is 0 Å². The molecule has 3 nitrogen and oxygen atoms in total. The summed E-state index contributed by atoms with van der Waals surface area (Å²) in [5, 5.41) is 10.3. The minimum Gasteiger partial charge on any atom is -0.493 e. The molecule has 0 radical (unpaired) electrons. The van der Waals surface area contributed by atoms with Crippen molar-refractivity contribution in [3.05, 3.63) is 52.7 Å². The highest BCUT2D eigenvalue weighted by atomic mass is 32.1. The Kier molecular flexibility index (Phi) is 3.53. The van der Waals surface area contributed by atoms with Crippen molar-refractivity contribution < 1.29 is 19.0 Å². The molecule has 1 atom stereocenters. The number of benzene rings is 2. The topological polar surface area (TPSA) is 46.5 Å². The zero-order valence-corrected chi connectivity index (χ0v) is 13.8. The number of fused-ring (bicyclic) bond motifs is 2. The Labute approximate surface area is 142 Å². The van der Waals surface area contributed by atoms with Crippen molar-refractivity contribution in [2.45, 2.75) is 19.3 Å². The molecule has 0 saturated carbocycles. The third-order valence-electron chi connectivity index (χ3n) is 4.48. The van der Waals surface area contributed by atoms with Gasteiger partial charge < -0.3 is 9.84 Å². The summed E-state index contributed by atoms with van der Waals surface area (Å²) in [6, 6.07) is 10.2. The fourth-order valence-corrected chi connectivity index (χ4v) is 4.32. The van der Waals surface area contributed by atoms with Gasteiger partial charge in [0.25, 0.3) is 0 Å². The van der Waals surface area contributed by atoms with Crippen molar-refractivity contribution >= 4 is 27.4 Å². The van der Waals surface area contributed by atoms with E-state index in [0.717, 1.165) is 40.0 Å². The summed E-state index contributed by atoms with van der Waals surface area (Å²) in [5.74, 6) is -0.127. The third-order valence-corrected chi connectivity index (χ3v) is 5.62. The molecule has 0 saturated heterocycles. The smallest absolute Gasteiger partial charge is 0.346 e. The zero-order valence-electron chi connectivity index (χ0n) is 13.0. The van der Waals surface area contributed by atoms with E-state index in [2.05, 4.69) is 6.92 Å². The number of carbonyl (C=O) groups is 1. The minimum absolute atomic E-state index is 0.236. The predicted octanol–water partition coefficient (Wildman–Crippen LogP) is 5.29. The highest BCUT2D eigenvalue weighted by molar-refractivity contribution is 7.21. The molecule has 0 bridgehead atoms. The number of rotatable bonds is 2. The van der Waals surface area contributed by atoms with Gasteiger partial charge in [0.15, 0.2) is 0 Å². The molecule has 0 spiro atoms. The average Bonchev–Trinajstić information content (AvgIpc) is 2.94. The number of carboxylic acid groups (broad SMARTS) is 1. The fourth-order valence-electron chi connectivity index (χ4n) is 3.23. The van der Waals surface area contributed by atoms with Crippen LogP contribution in [0.1, 0.15) is 34.5 Å².